The Morgan fingerprint density at radius 3 is 2.12 bits per heavy atom. The van der Waals surface area contributed by atoms with Crippen molar-refractivity contribution in [2.45, 2.75) is 26.8 Å². The molecule has 2 aromatic rings. The average Bonchev–Trinajstić information content (AvgIpc) is 2.62. The standard InChI is InChI=1S/C20H22BrNO4/c1-4-25-16-9-5-14(6-10-16)19(23)22-18(13(2)3)20(24)26-17-11-7-15(21)8-12-17/h5-13,18H,4H2,1-3H3,(H,22,23)/t18-/m0/s1. The molecule has 0 aliphatic rings. The largest absolute Gasteiger partial charge is 0.494 e. The Balaban J connectivity index is 2.05. The molecule has 0 heterocycles. The second-order valence-electron chi connectivity index (χ2n) is 6.03. The Morgan fingerprint density at radius 1 is 1.00 bits per heavy atom. The predicted octanol–water partition coefficient (Wildman–Crippen LogP) is 4.21. The number of rotatable bonds is 7. The summed E-state index contributed by atoms with van der Waals surface area (Å²) < 4.78 is 11.6. The van der Waals surface area contributed by atoms with E-state index in [0.29, 0.717) is 23.7 Å². The van der Waals surface area contributed by atoms with Crippen LogP contribution in [0.25, 0.3) is 0 Å². The zero-order chi connectivity index (χ0) is 19.1. The molecule has 0 fully saturated rings. The highest BCUT2D eigenvalue weighted by Gasteiger charge is 2.26. The summed E-state index contributed by atoms with van der Waals surface area (Å²) in [5.41, 5.74) is 0.454. The fraction of sp³-hybridized carbons (Fsp3) is 0.300. The minimum Gasteiger partial charge on any atom is -0.494 e. The summed E-state index contributed by atoms with van der Waals surface area (Å²) in [5.74, 6) is 0.170. The molecule has 0 unspecified atom stereocenters. The number of hydrogen-bond acceptors (Lipinski definition) is 4. The molecule has 1 atom stereocenters. The lowest BCUT2D eigenvalue weighted by molar-refractivity contribution is -0.137. The Kier molecular flexibility index (Phi) is 7.21. The zero-order valence-electron chi connectivity index (χ0n) is 15.0. The number of benzene rings is 2. The lowest BCUT2D eigenvalue weighted by Gasteiger charge is -2.21. The van der Waals surface area contributed by atoms with Crippen LogP contribution >= 0.6 is 15.9 Å². The summed E-state index contributed by atoms with van der Waals surface area (Å²) in [4.78, 5) is 24.9. The number of carbonyl (C=O) groups is 2. The smallest absolute Gasteiger partial charge is 0.334 e. The van der Waals surface area contributed by atoms with Crippen molar-refractivity contribution < 1.29 is 19.1 Å². The molecule has 26 heavy (non-hydrogen) atoms. The zero-order valence-corrected chi connectivity index (χ0v) is 16.6. The molecule has 1 N–H and O–H groups in total. The first-order valence-electron chi connectivity index (χ1n) is 8.41. The minimum atomic E-state index is -0.752. The summed E-state index contributed by atoms with van der Waals surface area (Å²) in [5, 5.41) is 2.75. The van der Waals surface area contributed by atoms with Gasteiger partial charge in [-0.3, -0.25) is 4.79 Å². The third-order valence-corrected chi connectivity index (χ3v) is 4.20. The van der Waals surface area contributed by atoms with Crippen LogP contribution in [0, 0.1) is 5.92 Å². The van der Waals surface area contributed by atoms with Crippen LogP contribution in [0.2, 0.25) is 0 Å². The van der Waals surface area contributed by atoms with Gasteiger partial charge in [0, 0.05) is 10.0 Å². The first kappa shape index (κ1) is 20.0. The molecule has 2 aromatic carbocycles. The van der Waals surface area contributed by atoms with Crippen molar-refractivity contribution in [2.75, 3.05) is 6.61 Å². The molecule has 1 amide bonds. The van der Waals surface area contributed by atoms with E-state index in [0.717, 1.165) is 4.47 Å². The number of carbonyl (C=O) groups excluding carboxylic acids is 2. The molecule has 0 bridgehead atoms. The first-order valence-corrected chi connectivity index (χ1v) is 9.21. The van der Waals surface area contributed by atoms with Crippen molar-refractivity contribution in [3.63, 3.8) is 0 Å². The van der Waals surface area contributed by atoms with Crippen LogP contribution in [-0.4, -0.2) is 24.5 Å². The van der Waals surface area contributed by atoms with Gasteiger partial charge in [-0.15, -0.1) is 0 Å². The molecule has 0 radical (unpaired) electrons. The molecule has 0 aliphatic heterocycles. The Bertz CT molecular complexity index is 741. The van der Waals surface area contributed by atoms with E-state index in [1.54, 1.807) is 48.5 Å². The molecular formula is C20H22BrNO4. The van der Waals surface area contributed by atoms with Gasteiger partial charge in [0.2, 0.25) is 0 Å². The predicted molar refractivity (Wildman–Crippen MR) is 103 cm³/mol. The van der Waals surface area contributed by atoms with E-state index >= 15 is 0 Å². The Morgan fingerprint density at radius 2 is 1.58 bits per heavy atom. The lowest BCUT2D eigenvalue weighted by Crippen LogP contribution is -2.46. The quantitative estimate of drug-likeness (QED) is 0.539. The Labute approximate surface area is 161 Å². The topological polar surface area (TPSA) is 64.6 Å². The van der Waals surface area contributed by atoms with Crippen molar-refractivity contribution in [2.24, 2.45) is 5.92 Å². The fourth-order valence-electron chi connectivity index (χ4n) is 2.27. The van der Waals surface area contributed by atoms with E-state index in [1.165, 1.54) is 0 Å². The highest BCUT2D eigenvalue weighted by Crippen LogP contribution is 2.18. The molecular weight excluding hydrogens is 398 g/mol. The van der Waals surface area contributed by atoms with Crippen LogP contribution in [0.3, 0.4) is 0 Å². The van der Waals surface area contributed by atoms with E-state index < -0.39 is 12.0 Å². The van der Waals surface area contributed by atoms with Crippen LogP contribution in [0.1, 0.15) is 31.1 Å². The molecule has 2 rings (SSSR count). The summed E-state index contributed by atoms with van der Waals surface area (Å²) in [6, 6.07) is 13.0. The maximum Gasteiger partial charge on any atom is 0.334 e. The maximum absolute atomic E-state index is 12.5. The van der Waals surface area contributed by atoms with Gasteiger partial charge in [-0.1, -0.05) is 29.8 Å². The van der Waals surface area contributed by atoms with Gasteiger partial charge in [-0.05, 0) is 61.4 Å². The maximum atomic E-state index is 12.5. The molecule has 0 spiro atoms. The number of hydrogen-bond donors (Lipinski definition) is 1. The molecule has 6 heteroatoms. The number of ether oxygens (including phenoxy) is 2. The second kappa shape index (κ2) is 9.38. The molecule has 0 aromatic heterocycles. The van der Waals surface area contributed by atoms with Crippen molar-refractivity contribution in [3.05, 3.63) is 58.6 Å². The summed E-state index contributed by atoms with van der Waals surface area (Å²) in [7, 11) is 0. The monoisotopic (exact) mass is 419 g/mol. The van der Waals surface area contributed by atoms with Gasteiger partial charge >= 0.3 is 5.97 Å². The third kappa shape index (κ3) is 5.59. The van der Waals surface area contributed by atoms with Gasteiger partial charge in [0.1, 0.15) is 17.5 Å². The van der Waals surface area contributed by atoms with Crippen LogP contribution in [0.15, 0.2) is 53.0 Å². The van der Waals surface area contributed by atoms with E-state index in [4.69, 9.17) is 9.47 Å². The lowest BCUT2D eigenvalue weighted by atomic mass is 10.0. The minimum absolute atomic E-state index is 0.121. The summed E-state index contributed by atoms with van der Waals surface area (Å²) in [6.45, 7) is 6.16. The summed E-state index contributed by atoms with van der Waals surface area (Å²) >= 11 is 3.33. The van der Waals surface area contributed by atoms with Crippen LogP contribution < -0.4 is 14.8 Å². The summed E-state index contributed by atoms with van der Waals surface area (Å²) in [6.07, 6.45) is 0. The van der Waals surface area contributed by atoms with E-state index in [9.17, 15) is 9.59 Å². The van der Waals surface area contributed by atoms with Gasteiger partial charge in [-0.25, -0.2) is 4.79 Å². The van der Waals surface area contributed by atoms with Crippen molar-refractivity contribution >= 4 is 27.8 Å². The average molecular weight is 420 g/mol. The molecule has 138 valence electrons. The molecule has 5 nitrogen and oxygen atoms in total. The number of nitrogens with one attached hydrogen (secondary N) is 1. The van der Waals surface area contributed by atoms with Gasteiger partial charge in [-0.2, -0.15) is 0 Å². The highest BCUT2D eigenvalue weighted by atomic mass is 79.9. The molecule has 0 aliphatic carbocycles. The van der Waals surface area contributed by atoms with E-state index in [1.807, 2.05) is 20.8 Å². The normalized spacial score (nSPS) is 11.7. The van der Waals surface area contributed by atoms with E-state index in [-0.39, 0.29) is 11.8 Å². The Hall–Kier alpha value is -2.34. The van der Waals surface area contributed by atoms with Gasteiger partial charge in [0.05, 0.1) is 6.61 Å². The highest BCUT2D eigenvalue weighted by molar-refractivity contribution is 9.10. The number of esters is 1. The first-order chi connectivity index (χ1) is 12.4. The fourth-order valence-corrected chi connectivity index (χ4v) is 2.54. The van der Waals surface area contributed by atoms with Crippen molar-refractivity contribution in [3.8, 4) is 11.5 Å². The van der Waals surface area contributed by atoms with Crippen molar-refractivity contribution in [1.82, 2.24) is 5.32 Å². The van der Waals surface area contributed by atoms with Crippen LogP contribution in [0.4, 0.5) is 0 Å². The second-order valence-corrected chi connectivity index (χ2v) is 6.94. The molecule has 0 saturated heterocycles. The van der Waals surface area contributed by atoms with Gasteiger partial charge in [0.25, 0.3) is 5.91 Å². The van der Waals surface area contributed by atoms with Crippen LogP contribution in [-0.2, 0) is 4.79 Å². The SMILES string of the molecule is CCOc1ccc(C(=O)N[C@H](C(=O)Oc2ccc(Br)cc2)C(C)C)cc1. The van der Waals surface area contributed by atoms with Gasteiger partial charge in [0.15, 0.2) is 0 Å². The number of amides is 1. The number of halogens is 1. The van der Waals surface area contributed by atoms with E-state index in [2.05, 4.69) is 21.2 Å². The molecule has 0 saturated carbocycles. The van der Waals surface area contributed by atoms with Crippen molar-refractivity contribution in [1.29, 1.82) is 0 Å². The van der Waals surface area contributed by atoms with Crippen LogP contribution in [0.5, 0.6) is 11.5 Å². The van der Waals surface area contributed by atoms with Gasteiger partial charge < -0.3 is 14.8 Å². The third-order valence-electron chi connectivity index (χ3n) is 3.67.